The molecule has 0 saturated carbocycles. The first-order valence-electron chi connectivity index (χ1n) is 7.30. The van der Waals surface area contributed by atoms with Crippen molar-refractivity contribution in [1.82, 2.24) is 0 Å². The summed E-state index contributed by atoms with van der Waals surface area (Å²) in [6, 6.07) is 14.5. The lowest BCUT2D eigenvalue weighted by atomic mass is 10.0. The summed E-state index contributed by atoms with van der Waals surface area (Å²) in [5.74, 6) is -1.10. The number of ether oxygens (including phenoxy) is 2. The zero-order chi connectivity index (χ0) is 17.5. The molecule has 0 heterocycles. The summed E-state index contributed by atoms with van der Waals surface area (Å²) in [4.78, 5) is 22.7. The second-order valence-corrected chi connectivity index (χ2v) is 5.15. The van der Waals surface area contributed by atoms with E-state index in [0.717, 1.165) is 5.56 Å². The number of rotatable bonds is 7. The molecule has 1 N–H and O–H groups in total. The SMILES string of the molecule is C=C(C(=O)OC)c1cc(CC(=O)O)ccc1OCc1ccccc1. The second-order valence-electron chi connectivity index (χ2n) is 5.15. The Morgan fingerprint density at radius 1 is 1.08 bits per heavy atom. The molecule has 0 fully saturated rings. The lowest BCUT2D eigenvalue weighted by Crippen LogP contribution is -2.07. The number of carbonyl (C=O) groups excluding carboxylic acids is 1. The maximum atomic E-state index is 11.8. The van der Waals surface area contributed by atoms with Gasteiger partial charge in [0.1, 0.15) is 12.4 Å². The van der Waals surface area contributed by atoms with Gasteiger partial charge in [-0.15, -0.1) is 0 Å². The molecular weight excluding hydrogens is 308 g/mol. The number of hydrogen-bond donors (Lipinski definition) is 1. The van der Waals surface area contributed by atoms with Gasteiger partial charge in [-0.3, -0.25) is 4.79 Å². The molecule has 0 saturated heterocycles. The van der Waals surface area contributed by atoms with Gasteiger partial charge in [0.25, 0.3) is 0 Å². The minimum atomic E-state index is -0.956. The molecule has 0 unspecified atom stereocenters. The van der Waals surface area contributed by atoms with Crippen LogP contribution in [0.2, 0.25) is 0 Å². The zero-order valence-electron chi connectivity index (χ0n) is 13.3. The van der Waals surface area contributed by atoms with Crippen LogP contribution >= 0.6 is 0 Å². The van der Waals surface area contributed by atoms with Crippen LogP contribution in [-0.2, 0) is 27.4 Å². The summed E-state index contributed by atoms with van der Waals surface area (Å²) in [6.45, 7) is 4.05. The van der Waals surface area contributed by atoms with Gasteiger partial charge in [-0.25, -0.2) is 4.79 Å². The smallest absolute Gasteiger partial charge is 0.337 e. The lowest BCUT2D eigenvalue weighted by Gasteiger charge is -2.14. The van der Waals surface area contributed by atoms with E-state index in [1.165, 1.54) is 7.11 Å². The zero-order valence-corrected chi connectivity index (χ0v) is 13.3. The number of esters is 1. The summed E-state index contributed by atoms with van der Waals surface area (Å²) < 4.78 is 10.5. The predicted octanol–water partition coefficient (Wildman–Crippen LogP) is 3.08. The van der Waals surface area contributed by atoms with E-state index in [-0.39, 0.29) is 12.0 Å². The van der Waals surface area contributed by atoms with E-state index < -0.39 is 11.9 Å². The normalized spacial score (nSPS) is 10.0. The minimum Gasteiger partial charge on any atom is -0.488 e. The predicted molar refractivity (Wildman–Crippen MR) is 89.6 cm³/mol. The van der Waals surface area contributed by atoms with Crippen molar-refractivity contribution < 1.29 is 24.2 Å². The average molecular weight is 326 g/mol. The Kier molecular flexibility index (Phi) is 5.73. The summed E-state index contributed by atoms with van der Waals surface area (Å²) in [7, 11) is 1.26. The molecule has 0 bridgehead atoms. The third-order valence-electron chi connectivity index (χ3n) is 3.39. The quantitative estimate of drug-likeness (QED) is 0.625. The maximum Gasteiger partial charge on any atom is 0.337 e. The lowest BCUT2D eigenvalue weighted by molar-refractivity contribution is -0.136. The van der Waals surface area contributed by atoms with Gasteiger partial charge >= 0.3 is 11.9 Å². The molecule has 2 aromatic rings. The number of benzene rings is 2. The first kappa shape index (κ1) is 17.3. The second kappa shape index (κ2) is 7.97. The monoisotopic (exact) mass is 326 g/mol. The van der Waals surface area contributed by atoms with E-state index in [1.54, 1.807) is 18.2 Å². The van der Waals surface area contributed by atoms with Crippen molar-refractivity contribution in [3.05, 3.63) is 71.8 Å². The van der Waals surface area contributed by atoms with Gasteiger partial charge in [0.05, 0.1) is 19.1 Å². The molecule has 0 amide bonds. The largest absolute Gasteiger partial charge is 0.488 e. The van der Waals surface area contributed by atoms with Gasteiger partial charge in [0, 0.05) is 5.56 Å². The maximum absolute atomic E-state index is 11.8. The first-order chi connectivity index (χ1) is 11.5. The van der Waals surface area contributed by atoms with Crippen molar-refractivity contribution in [3.8, 4) is 5.75 Å². The van der Waals surface area contributed by atoms with Crippen LogP contribution in [0.15, 0.2) is 55.1 Å². The summed E-state index contributed by atoms with van der Waals surface area (Å²) in [6.07, 6.45) is -0.152. The topological polar surface area (TPSA) is 72.8 Å². The summed E-state index contributed by atoms with van der Waals surface area (Å²) >= 11 is 0. The molecule has 2 aromatic carbocycles. The Morgan fingerprint density at radius 2 is 1.79 bits per heavy atom. The summed E-state index contributed by atoms with van der Waals surface area (Å²) in [5, 5.41) is 8.93. The van der Waals surface area contributed by atoms with Crippen LogP contribution in [-0.4, -0.2) is 24.2 Å². The number of methoxy groups -OCH3 is 1. The highest BCUT2D eigenvalue weighted by Gasteiger charge is 2.16. The van der Waals surface area contributed by atoms with Gasteiger partial charge in [0.2, 0.25) is 0 Å². The number of aliphatic carboxylic acids is 1. The van der Waals surface area contributed by atoms with Crippen molar-refractivity contribution in [1.29, 1.82) is 0 Å². The number of carboxylic acids is 1. The van der Waals surface area contributed by atoms with Gasteiger partial charge in [-0.2, -0.15) is 0 Å². The van der Waals surface area contributed by atoms with Crippen LogP contribution in [0.25, 0.3) is 5.57 Å². The van der Waals surface area contributed by atoms with Crippen LogP contribution in [0.5, 0.6) is 5.75 Å². The molecule has 0 aromatic heterocycles. The highest BCUT2D eigenvalue weighted by molar-refractivity contribution is 6.16. The molecule has 124 valence electrons. The third kappa shape index (κ3) is 4.46. The van der Waals surface area contributed by atoms with Crippen molar-refractivity contribution in [2.45, 2.75) is 13.0 Å². The van der Waals surface area contributed by atoms with Gasteiger partial charge in [-0.05, 0) is 23.3 Å². The molecule has 5 heteroatoms. The highest BCUT2D eigenvalue weighted by atomic mass is 16.5. The Morgan fingerprint density at radius 3 is 2.42 bits per heavy atom. The van der Waals surface area contributed by atoms with Gasteiger partial charge in [-0.1, -0.05) is 43.0 Å². The van der Waals surface area contributed by atoms with E-state index in [0.29, 0.717) is 23.5 Å². The number of carboxylic acid groups (broad SMARTS) is 1. The molecule has 0 atom stereocenters. The van der Waals surface area contributed by atoms with Crippen molar-refractivity contribution in [2.24, 2.45) is 0 Å². The molecule has 2 rings (SSSR count). The molecule has 0 radical (unpaired) electrons. The van der Waals surface area contributed by atoms with Crippen LogP contribution in [0.1, 0.15) is 16.7 Å². The van der Waals surface area contributed by atoms with Crippen molar-refractivity contribution in [2.75, 3.05) is 7.11 Å². The Labute approximate surface area is 140 Å². The number of carbonyl (C=O) groups is 2. The van der Waals surface area contributed by atoms with Crippen molar-refractivity contribution in [3.63, 3.8) is 0 Å². The van der Waals surface area contributed by atoms with Crippen LogP contribution < -0.4 is 4.74 Å². The Balaban J connectivity index is 2.29. The molecule has 0 spiro atoms. The minimum absolute atomic E-state index is 0.118. The van der Waals surface area contributed by atoms with Crippen molar-refractivity contribution >= 4 is 17.5 Å². The fourth-order valence-electron chi connectivity index (χ4n) is 2.19. The molecule has 24 heavy (non-hydrogen) atoms. The van der Waals surface area contributed by atoms with E-state index in [4.69, 9.17) is 14.6 Å². The van der Waals surface area contributed by atoms with E-state index in [2.05, 4.69) is 6.58 Å². The Bertz CT molecular complexity index is 750. The van der Waals surface area contributed by atoms with Crippen LogP contribution in [0, 0.1) is 0 Å². The van der Waals surface area contributed by atoms with Crippen LogP contribution in [0.3, 0.4) is 0 Å². The first-order valence-corrected chi connectivity index (χ1v) is 7.30. The Hall–Kier alpha value is -3.08. The molecular formula is C19H18O5. The summed E-state index contributed by atoms with van der Waals surface area (Å²) in [5.41, 5.74) is 2.07. The highest BCUT2D eigenvalue weighted by Crippen LogP contribution is 2.28. The van der Waals surface area contributed by atoms with E-state index >= 15 is 0 Å². The standard InChI is InChI=1S/C19H18O5/c1-13(19(22)23-2)16-10-15(11-18(20)21)8-9-17(16)24-12-14-6-4-3-5-7-14/h3-10H,1,11-12H2,2H3,(H,20,21). The average Bonchev–Trinajstić information content (AvgIpc) is 2.59. The fourth-order valence-corrected chi connectivity index (χ4v) is 2.19. The van der Waals surface area contributed by atoms with Gasteiger partial charge < -0.3 is 14.6 Å². The fraction of sp³-hybridized carbons (Fsp3) is 0.158. The number of hydrogen-bond acceptors (Lipinski definition) is 4. The van der Waals surface area contributed by atoms with Gasteiger partial charge in [0.15, 0.2) is 0 Å². The molecule has 5 nitrogen and oxygen atoms in total. The van der Waals surface area contributed by atoms with Crippen LogP contribution in [0.4, 0.5) is 0 Å². The third-order valence-corrected chi connectivity index (χ3v) is 3.39. The molecule has 0 aliphatic carbocycles. The molecule has 0 aliphatic rings. The van der Waals surface area contributed by atoms with E-state index in [9.17, 15) is 9.59 Å². The van der Waals surface area contributed by atoms with E-state index in [1.807, 2.05) is 30.3 Å². The molecule has 0 aliphatic heterocycles.